The van der Waals surface area contributed by atoms with Crippen LogP contribution in [0.25, 0.3) is 0 Å². The summed E-state index contributed by atoms with van der Waals surface area (Å²) < 4.78 is 11.7. The number of hydrogen-bond acceptors (Lipinski definition) is 4. The number of carbonyl (C=O) groups is 1. The number of Topliss-reactive ketones (excluding diaryl/α,β-unsaturated/α-hetero) is 1. The van der Waals surface area contributed by atoms with Crippen LogP contribution >= 0.6 is 15.9 Å². The third kappa shape index (κ3) is 2.30. The highest BCUT2D eigenvalue weighted by Crippen LogP contribution is 2.41. The van der Waals surface area contributed by atoms with Crippen LogP contribution in [-0.2, 0) is 0 Å². The number of fused-ring (bicyclic) bond motifs is 1. The highest BCUT2D eigenvalue weighted by Gasteiger charge is 2.23. The molecular formula is C12H14BrNO3. The molecule has 1 heterocycles. The number of aryl methyl sites for hydroxylation is 1. The standard InChI is InChI=1S/C12H14BrNO3/c1-7-6-9-12(17-5-4-16-9)11(13)10(7)8(15)2-3-14/h6H,2-5,14H2,1H3. The molecule has 2 rings (SSSR count). The van der Waals surface area contributed by atoms with E-state index in [9.17, 15) is 4.79 Å². The maximum Gasteiger partial charge on any atom is 0.176 e. The Kier molecular flexibility index (Phi) is 3.69. The topological polar surface area (TPSA) is 61.6 Å². The molecule has 1 aromatic rings. The van der Waals surface area contributed by atoms with Crippen molar-refractivity contribution >= 4 is 21.7 Å². The quantitative estimate of drug-likeness (QED) is 0.868. The van der Waals surface area contributed by atoms with Gasteiger partial charge in [-0.15, -0.1) is 0 Å². The van der Waals surface area contributed by atoms with Gasteiger partial charge in [-0.25, -0.2) is 0 Å². The van der Waals surface area contributed by atoms with Gasteiger partial charge in [0.15, 0.2) is 17.3 Å². The summed E-state index contributed by atoms with van der Waals surface area (Å²) in [5, 5.41) is 0. The van der Waals surface area contributed by atoms with Gasteiger partial charge >= 0.3 is 0 Å². The molecule has 0 aromatic heterocycles. The minimum Gasteiger partial charge on any atom is -0.486 e. The average molecular weight is 300 g/mol. The van der Waals surface area contributed by atoms with Gasteiger partial charge in [0.05, 0.1) is 4.47 Å². The fourth-order valence-electron chi connectivity index (χ4n) is 1.86. The van der Waals surface area contributed by atoms with Crippen LogP contribution < -0.4 is 15.2 Å². The van der Waals surface area contributed by atoms with Gasteiger partial charge in [-0.2, -0.15) is 0 Å². The average Bonchev–Trinajstić information content (AvgIpc) is 2.29. The van der Waals surface area contributed by atoms with Gasteiger partial charge in [0.1, 0.15) is 13.2 Å². The second kappa shape index (κ2) is 5.06. The van der Waals surface area contributed by atoms with E-state index >= 15 is 0 Å². The lowest BCUT2D eigenvalue weighted by atomic mass is 10.0. The first-order valence-corrected chi connectivity index (χ1v) is 6.26. The highest BCUT2D eigenvalue weighted by atomic mass is 79.9. The maximum atomic E-state index is 12.0. The van der Waals surface area contributed by atoms with Crippen molar-refractivity contribution in [2.45, 2.75) is 13.3 Å². The first-order valence-electron chi connectivity index (χ1n) is 5.47. The molecule has 1 aliphatic heterocycles. The molecule has 0 unspecified atom stereocenters. The third-order valence-corrected chi connectivity index (χ3v) is 3.38. The van der Waals surface area contributed by atoms with Crippen LogP contribution in [0.5, 0.6) is 11.5 Å². The molecule has 0 saturated carbocycles. The first kappa shape index (κ1) is 12.4. The molecular weight excluding hydrogens is 286 g/mol. The summed E-state index contributed by atoms with van der Waals surface area (Å²) in [7, 11) is 0. The molecule has 0 saturated heterocycles. The predicted molar refractivity (Wildman–Crippen MR) is 67.9 cm³/mol. The second-order valence-electron chi connectivity index (χ2n) is 3.87. The van der Waals surface area contributed by atoms with Crippen LogP contribution in [-0.4, -0.2) is 25.5 Å². The minimum absolute atomic E-state index is 0.0221. The van der Waals surface area contributed by atoms with Gasteiger partial charge in [0, 0.05) is 12.0 Å². The van der Waals surface area contributed by atoms with E-state index in [0.29, 0.717) is 47.7 Å². The Bertz CT molecular complexity index is 460. The fraction of sp³-hybridized carbons (Fsp3) is 0.417. The zero-order valence-electron chi connectivity index (χ0n) is 9.59. The number of hydrogen-bond donors (Lipinski definition) is 1. The third-order valence-electron chi connectivity index (χ3n) is 2.62. The van der Waals surface area contributed by atoms with Gasteiger partial charge in [-0.05, 0) is 41.0 Å². The second-order valence-corrected chi connectivity index (χ2v) is 4.66. The van der Waals surface area contributed by atoms with Crippen molar-refractivity contribution in [3.8, 4) is 11.5 Å². The van der Waals surface area contributed by atoms with Crippen LogP contribution in [0.2, 0.25) is 0 Å². The van der Waals surface area contributed by atoms with Crippen molar-refractivity contribution in [2.24, 2.45) is 5.73 Å². The van der Waals surface area contributed by atoms with Crippen LogP contribution in [0.4, 0.5) is 0 Å². The number of nitrogens with two attached hydrogens (primary N) is 1. The van der Waals surface area contributed by atoms with Crippen LogP contribution in [0.1, 0.15) is 22.3 Å². The molecule has 0 spiro atoms. The molecule has 17 heavy (non-hydrogen) atoms. The summed E-state index contributed by atoms with van der Waals surface area (Å²) in [4.78, 5) is 12.0. The van der Waals surface area contributed by atoms with E-state index in [1.54, 1.807) is 0 Å². The van der Waals surface area contributed by atoms with E-state index in [1.807, 2.05) is 13.0 Å². The molecule has 0 radical (unpaired) electrons. The summed E-state index contributed by atoms with van der Waals surface area (Å²) >= 11 is 3.42. The molecule has 0 aliphatic carbocycles. The van der Waals surface area contributed by atoms with Gasteiger partial charge in [0.2, 0.25) is 0 Å². The van der Waals surface area contributed by atoms with Crippen LogP contribution in [0, 0.1) is 6.92 Å². The van der Waals surface area contributed by atoms with Gasteiger partial charge in [-0.1, -0.05) is 0 Å². The summed E-state index contributed by atoms with van der Waals surface area (Å²) in [6.45, 7) is 3.26. The molecule has 0 bridgehead atoms. The van der Waals surface area contributed by atoms with Gasteiger partial charge < -0.3 is 15.2 Å². The Balaban J connectivity index is 2.49. The maximum absolute atomic E-state index is 12.0. The molecule has 5 heteroatoms. The Morgan fingerprint density at radius 3 is 2.88 bits per heavy atom. The van der Waals surface area contributed by atoms with Gasteiger partial charge in [-0.3, -0.25) is 4.79 Å². The Morgan fingerprint density at radius 2 is 2.18 bits per heavy atom. The van der Waals surface area contributed by atoms with Crippen molar-refractivity contribution in [1.82, 2.24) is 0 Å². The van der Waals surface area contributed by atoms with E-state index in [1.165, 1.54) is 0 Å². The monoisotopic (exact) mass is 299 g/mol. The predicted octanol–water partition coefficient (Wildman–Crippen LogP) is 2.06. The van der Waals surface area contributed by atoms with E-state index in [-0.39, 0.29) is 5.78 Å². The van der Waals surface area contributed by atoms with Crippen molar-refractivity contribution in [3.05, 3.63) is 21.7 Å². The molecule has 0 fully saturated rings. The first-order chi connectivity index (χ1) is 8.15. The lowest BCUT2D eigenvalue weighted by Gasteiger charge is -2.22. The van der Waals surface area contributed by atoms with Gasteiger partial charge in [0.25, 0.3) is 0 Å². The molecule has 92 valence electrons. The largest absolute Gasteiger partial charge is 0.486 e. The lowest BCUT2D eigenvalue weighted by molar-refractivity contribution is 0.0982. The Morgan fingerprint density at radius 1 is 1.47 bits per heavy atom. The van der Waals surface area contributed by atoms with Crippen molar-refractivity contribution in [1.29, 1.82) is 0 Å². The van der Waals surface area contributed by atoms with Crippen LogP contribution in [0.3, 0.4) is 0 Å². The van der Waals surface area contributed by atoms with Crippen molar-refractivity contribution in [2.75, 3.05) is 19.8 Å². The molecule has 1 aromatic carbocycles. The molecule has 0 amide bonds. The summed E-state index contributed by atoms with van der Waals surface area (Å²) in [6, 6.07) is 1.84. The Hall–Kier alpha value is -1.07. The van der Waals surface area contributed by atoms with E-state index in [0.717, 1.165) is 5.56 Å². The van der Waals surface area contributed by atoms with Crippen molar-refractivity contribution in [3.63, 3.8) is 0 Å². The van der Waals surface area contributed by atoms with Crippen LogP contribution in [0.15, 0.2) is 10.5 Å². The number of ether oxygens (including phenoxy) is 2. The number of rotatable bonds is 3. The summed E-state index contributed by atoms with van der Waals surface area (Å²) in [5.74, 6) is 1.32. The number of benzene rings is 1. The summed E-state index contributed by atoms with van der Waals surface area (Å²) in [5.41, 5.74) is 6.93. The molecule has 2 N–H and O–H groups in total. The molecule has 4 nitrogen and oxygen atoms in total. The number of carbonyl (C=O) groups excluding carboxylic acids is 1. The number of ketones is 1. The van der Waals surface area contributed by atoms with E-state index < -0.39 is 0 Å². The minimum atomic E-state index is 0.0221. The van der Waals surface area contributed by atoms with E-state index in [2.05, 4.69) is 15.9 Å². The fourth-order valence-corrected chi connectivity index (χ4v) is 2.71. The highest BCUT2D eigenvalue weighted by molar-refractivity contribution is 9.10. The van der Waals surface area contributed by atoms with Crippen molar-refractivity contribution < 1.29 is 14.3 Å². The smallest absolute Gasteiger partial charge is 0.176 e. The lowest BCUT2D eigenvalue weighted by Crippen LogP contribution is -2.18. The molecule has 1 aliphatic rings. The number of halogens is 1. The zero-order valence-corrected chi connectivity index (χ0v) is 11.2. The van der Waals surface area contributed by atoms with E-state index in [4.69, 9.17) is 15.2 Å². The SMILES string of the molecule is Cc1cc2c(c(Br)c1C(=O)CCN)OCCO2. The summed E-state index contributed by atoms with van der Waals surface area (Å²) in [6.07, 6.45) is 0.332. The molecule has 0 atom stereocenters. The Labute approximate surface area is 108 Å². The zero-order chi connectivity index (χ0) is 12.4. The normalized spacial score (nSPS) is 13.6.